The molecule has 0 aliphatic heterocycles. The van der Waals surface area contributed by atoms with Gasteiger partial charge >= 0.3 is 0 Å². The van der Waals surface area contributed by atoms with Crippen LogP contribution in [-0.4, -0.2) is 71.0 Å². The molecule has 0 spiro atoms. The fourth-order valence-electron chi connectivity index (χ4n) is 7.49. The smallest absolute Gasteiger partial charge is 0.119 e. The minimum absolute atomic E-state index is 0.377. The lowest BCUT2D eigenvalue weighted by molar-refractivity contribution is 0.208. The van der Waals surface area contributed by atoms with Gasteiger partial charge in [-0.25, -0.2) is 0 Å². The summed E-state index contributed by atoms with van der Waals surface area (Å²) in [5.74, 6) is 1.73. The van der Waals surface area contributed by atoms with Crippen LogP contribution in [0.1, 0.15) is 160 Å². The van der Waals surface area contributed by atoms with Crippen LogP contribution < -0.4 is 37.5 Å². The predicted molar refractivity (Wildman–Crippen MR) is 219 cm³/mol. The molecule has 0 radical (unpaired) electrons. The van der Waals surface area contributed by atoms with Crippen LogP contribution in [0.4, 0.5) is 0 Å². The first kappa shape index (κ1) is 44.9. The van der Waals surface area contributed by atoms with Crippen molar-refractivity contribution in [2.75, 3.05) is 59.0 Å². The zero-order chi connectivity index (χ0) is 35.7. The van der Waals surface area contributed by atoms with Gasteiger partial charge in [0.15, 0.2) is 0 Å². The van der Waals surface area contributed by atoms with Crippen molar-refractivity contribution in [3.63, 3.8) is 0 Å². The number of nitrogens with one attached hydrogen (secondary N) is 4. The summed E-state index contributed by atoms with van der Waals surface area (Å²) in [6.45, 7) is 13.3. The first-order valence-electron chi connectivity index (χ1n) is 21.7. The van der Waals surface area contributed by atoms with Gasteiger partial charge in [-0.3, -0.25) is 0 Å². The molecule has 0 amide bonds. The number of hydrogen-bond donors (Lipinski definition) is 6. The van der Waals surface area contributed by atoms with Gasteiger partial charge < -0.3 is 37.5 Å². The molecule has 7 heteroatoms. The molecule has 1 fully saturated rings. The van der Waals surface area contributed by atoms with Gasteiger partial charge in [0.05, 0.1) is 6.61 Å². The average Bonchev–Trinajstić information content (AvgIpc) is 3.12. The number of hydrogen-bond acceptors (Lipinski definition) is 7. The summed E-state index contributed by atoms with van der Waals surface area (Å²) in [4.78, 5) is 0. The minimum Gasteiger partial charge on any atom is -0.493 e. The van der Waals surface area contributed by atoms with E-state index in [1.807, 2.05) is 0 Å². The Hall–Kier alpha value is -1.22. The molecule has 7 nitrogen and oxygen atoms in total. The number of ether oxygens (including phenoxy) is 1. The molecule has 0 bridgehead atoms. The Morgan fingerprint density at radius 2 is 1.04 bits per heavy atom. The largest absolute Gasteiger partial charge is 0.493 e. The van der Waals surface area contributed by atoms with E-state index < -0.39 is 0 Å². The predicted octanol–water partition coefficient (Wildman–Crippen LogP) is 8.03. The number of rotatable bonds is 35. The highest BCUT2D eigenvalue weighted by Crippen LogP contribution is 2.26. The molecule has 1 aromatic rings. The Bertz CT molecular complexity index is 823. The van der Waals surface area contributed by atoms with Crippen LogP contribution in [0.25, 0.3) is 0 Å². The van der Waals surface area contributed by atoms with E-state index in [9.17, 15) is 0 Å². The lowest BCUT2D eigenvalue weighted by atomic mass is 9.90. The molecule has 292 valence electrons. The maximum Gasteiger partial charge on any atom is 0.119 e. The summed E-state index contributed by atoms with van der Waals surface area (Å²) >= 11 is 0. The van der Waals surface area contributed by atoms with Crippen LogP contribution >= 0.6 is 0 Å². The maximum absolute atomic E-state index is 6.55. The number of benzene rings is 1. The Labute approximate surface area is 310 Å². The lowest BCUT2D eigenvalue weighted by Crippen LogP contribution is -2.36. The van der Waals surface area contributed by atoms with Crippen LogP contribution in [0.5, 0.6) is 5.75 Å². The van der Waals surface area contributed by atoms with Crippen molar-refractivity contribution in [1.29, 1.82) is 0 Å². The van der Waals surface area contributed by atoms with Crippen molar-refractivity contribution in [1.82, 2.24) is 21.3 Å². The van der Waals surface area contributed by atoms with E-state index in [0.717, 1.165) is 90.1 Å². The maximum atomic E-state index is 6.55. The van der Waals surface area contributed by atoms with Crippen molar-refractivity contribution >= 4 is 0 Å². The first-order valence-corrected chi connectivity index (χ1v) is 21.7. The van der Waals surface area contributed by atoms with Crippen molar-refractivity contribution in [3.05, 3.63) is 29.3 Å². The standard InChI is InChI=1S/C43H84N6O/c1-3-5-7-9-11-16-26-46-28-18-30-48-41(22-24-44)33-39-32-40(36-43(35-39)50-37-38-20-14-13-15-21-38)34-42(23-25-45)49-31-19-29-47-27-17-12-10-8-6-4-2/h32,35-36,38,41-42,46-49H,3-31,33-34,37,44-45H2,1-2H3. The molecule has 2 rings (SSSR count). The van der Waals surface area contributed by atoms with Crippen LogP contribution in [0.15, 0.2) is 18.2 Å². The van der Waals surface area contributed by atoms with E-state index in [4.69, 9.17) is 16.2 Å². The Kier molecular flexibility index (Phi) is 29.1. The topological polar surface area (TPSA) is 109 Å². The molecule has 2 atom stereocenters. The first-order chi connectivity index (χ1) is 24.7. The van der Waals surface area contributed by atoms with Crippen LogP contribution in [0.3, 0.4) is 0 Å². The third-order valence-electron chi connectivity index (χ3n) is 10.6. The van der Waals surface area contributed by atoms with Gasteiger partial charge in [-0.2, -0.15) is 0 Å². The van der Waals surface area contributed by atoms with Crippen molar-refractivity contribution in [2.24, 2.45) is 17.4 Å². The summed E-state index contributed by atoms with van der Waals surface area (Å²) in [6, 6.07) is 7.79. The number of unbranched alkanes of at least 4 members (excludes halogenated alkanes) is 10. The van der Waals surface area contributed by atoms with Gasteiger partial charge in [0.2, 0.25) is 0 Å². The Morgan fingerprint density at radius 1 is 0.580 bits per heavy atom. The molecule has 8 N–H and O–H groups in total. The minimum atomic E-state index is 0.377. The van der Waals surface area contributed by atoms with Crippen molar-refractivity contribution < 1.29 is 4.74 Å². The normalized spacial score (nSPS) is 15.0. The molecular weight excluding hydrogens is 617 g/mol. The molecule has 0 heterocycles. The average molecular weight is 701 g/mol. The van der Waals surface area contributed by atoms with E-state index in [2.05, 4.69) is 53.3 Å². The van der Waals surface area contributed by atoms with Crippen molar-refractivity contribution in [3.8, 4) is 5.75 Å². The quantitative estimate of drug-likeness (QED) is 0.0398. The summed E-state index contributed by atoms with van der Waals surface area (Å²) < 4.78 is 6.55. The van der Waals surface area contributed by atoms with Gasteiger partial charge in [-0.05, 0) is 146 Å². The van der Waals surface area contributed by atoms with Crippen LogP contribution in [0.2, 0.25) is 0 Å². The van der Waals surface area contributed by atoms with E-state index in [0.29, 0.717) is 31.1 Å². The van der Waals surface area contributed by atoms with Gasteiger partial charge in [0.25, 0.3) is 0 Å². The van der Waals surface area contributed by atoms with Gasteiger partial charge in [0.1, 0.15) is 5.75 Å². The Balaban J connectivity index is 1.87. The summed E-state index contributed by atoms with van der Waals surface area (Å²) in [6.07, 6.45) is 29.2. The van der Waals surface area contributed by atoms with E-state index in [1.165, 1.54) is 120 Å². The summed E-state index contributed by atoms with van der Waals surface area (Å²) in [5.41, 5.74) is 14.9. The Morgan fingerprint density at radius 3 is 1.52 bits per heavy atom. The zero-order valence-electron chi connectivity index (χ0n) is 33.2. The molecule has 1 aromatic carbocycles. The molecule has 50 heavy (non-hydrogen) atoms. The van der Waals surface area contributed by atoms with Gasteiger partial charge in [0, 0.05) is 12.1 Å². The molecule has 1 saturated carbocycles. The van der Waals surface area contributed by atoms with Crippen LogP contribution in [0, 0.1) is 5.92 Å². The second-order valence-electron chi connectivity index (χ2n) is 15.4. The second kappa shape index (κ2) is 32.4. The fourth-order valence-corrected chi connectivity index (χ4v) is 7.49. The summed E-state index contributed by atoms with van der Waals surface area (Å²) in [5, 5.41) is 15.0. The van der Waals surface area contributed by atoms with E-state index in [1.54, 1.807) is 0 Å². The highest BCUT2D eigenvalue weighted by Gasteiger charge is 2.17. The molecule has 2 unspecified atom stereocenters. The molecule has 0 saturated heterocycles. The third kappa shape index (κ3) is 24.1. The highest BCUT2D eigenvalue weighted by atomic mass is 16.5. The van der Waals surface area contributed by atoms with Gasteiger partial charge in [-0.15, -0.1) is 0 Å². The SMILES string of the molecule is CCCCCCCCNCCCNC(CCN)Cc1cc(CC(CCN)NCCCNCCCCCCCC)cc(OCC2CCCCC2)c1. The van der Waals surface area contributed by atoms with Crippen LogP contribution in [-0.2, 0) is 12.8 Å². The molecule has 1 aliphatic carbocycles. The highest BCUT2D eigenvalue weighted by molar-refractivity contribution is 5.35. The molecule has 0 aromatic heterocycles. The summed E-state index contributed by atoms with van der Waals surface area (Å²) in [7, 11) is 0. The second-order valence-corrected chi connectivity index (χ2v) is 15.4. The zero-order valence-corrected chi connectivity index (χ0v) is 33.2. The van der Waals surface area contributed by atoms with Crippen molar-refractivity contribution in [2.45, 2.75) is 174 Å². The van der Waals surface area contributed by atoms with E-state index >= 15 is 0 Å². The number of nitrogens with two attached hydrogens (primary N) is 2. The monoisotopic (exact) mass is 701 g/mol. The third-order valence-corrected chi connectivity index (χ3v) is 10.6. The molecule has 1 aliphatic rings. The lowest BCUT2D eigenvalue weighted by Gasteiger charge is -2.24. The van der Waals surface area contributed by atoms with Gasteiger partial charge in [-0.1, -0.05) is 103 Å². The molecular formula is C43H84N6O. The fraction of sp³-hybridized carbons (Fsp3) is 0.860. The van der Waals surface area contributed by atoms with E-state index in [-0.39, 0.29) is 0 Å².